The molecule has 0 aliphatic heterocycles. The number of methoxy groups -OCH3 is 1. The standard InChI is InChI=1S/C17H13BrClNO2/c1-22-16-9-15-12(8-14(16)18)4-7-17(21)20(15)10-11-2-5-13(19)6-3-11/h2-9H,10H2,1H3. The number of halogens is 2. The predicted octanol–water partition coefficient (Wildman–Crippen LogP) is 4.47. The van der Waals surface area contributed by atoms with E-state index >= 15 is 0 Å². The number of hydrogen-bond acceptors (Lipinski definition) is 2. The van der Waals surface area contributed by atoms with E-state index < -0.39 is 0 Å². The van der Waals surface area contributed by atoms with Crippen molar-refractivity contribution in [3.63, 3.8) is 0 Å². The fourth-order valence-corrected chi connectivity index (χ4v) is 3.04. The van der Waals surface area contributed by atoms with Gasteiger partial charge in [-0.2, -0.15) is 0 Å². The lowest BCUT2D eigenvalue weighted by Gasteiger charge is -2.12. The highest BCUT2D eigenvalue weighted by molar-refractivity contribution is 9.10. The van der Waals surface area contributed by atoms with Crippen LogP contribution in [0.25, 0.3) is 10.9 Å². The van der Waals surface area contributed by atoms with Gasteiger partial charge in [0, 0.05) is 17.2 Å². The van der Waals surface area contributed by atoms with Gasteiger partial charge in [0.15, 0.2) is 0 Å². The van der Waals surface area contributed by atoms with E-state index in [1.165, 1.54) is 0 Å². The average molecular weight is 379 g/mol. The van der Waals surface area contributed by atoms with Gasteiger partial charge in [-0.15, -0.1) is 0 Å². The molecule has 112 valence electrons. The molecule has 5 heteroatoms. The summed E-state index contributed by atoms with van der Waals surface area (Å²) in [7, 11) is 1.61. The summed E-state index contributed by atoms with van der Waals surface area (Å²) in [6.07, 6.45) is 0. The Balaban J connectivity index is 2.16. The Morgan fingerprint density at radius 2 is 1.86 bits per heavy atom. The summed E-state index contributed by atoms with van der Waals surface area (Å²) >= 11 is 9.38. The van der Waals surface area contributed by atoms with Gasteiger partial charge in [-0.1, -0.05) is 23.7 Å². The molecule has 0 amide bonds. The second kappa shape index (κ2) is 6.15. The van der Waals surface area contributed by atoms with Crippen molar-refractivity contribution in [2.45, 2.75) is 6.54 Å². The summed E-state index contributed by atoms with van der Waals surface area (Å²) in [6, 6.07) is 14.7. The maximum Gasteiger partial charge on any atom is 0.251 e. The molecule has 0 aliphatic rings. The van der Waals surface area contributed by atoms with Crippen LogP contribution >= 0.6 is 27.5 Å². The molecular weight excluding hydrogens is 366 g/mol. The van der Waals surface area contributed by atoms with Crippen LogP contribution in [-0.2, 0) is 6.54 Å². The van der Waals surface area contributed by atoms with Crippen molar-refractivity contribution in [2.24, 2.45) is 0 Å². The molecule has 3 rings (SSSR count). The summed E-state index contributed by atoms with van der Waals surface area (Å²) in [5, 5.41) is 1.65. The highest BCUT2D eigenvalue weighted by atomic mass is 79.9. The summed E-state index contributed by atoms with van der Waals surface area (Å²) in [4.78, 5) is 12.3. The number of pyridine rings is 1. The fourth-order valence-electron chi connectivity index (χ4n) is 2.39. The van der Waals surface area contributed by atoms with E-state index in [1.807, 2.05) is 42.5 Å². The van der Waals surface area contributed by atoms with Gasteiger partial charge in [-0.05, 0) is 51.1 Å². The SMILES string of the molecule is COc1cc2c(ccc(=O)n2Cc2ccc(Cl)cc2)cc1Br. The second-order valence-electron chi connectivity index (χ2n) is 4.93. The van der Waals surface area contributed by atoms with Gasteiger partial charge in [0.1, 0.15) is 5.75 Å². The lowest BCUT2D eigenvalue weighted by Crippen LogP contribution is -2.20. The van der Waals surface area contributed by atoms with Gasteiger partial charge >= 0.3 is 0 Å². The molecule has 0 bridgehead atoms. The maximum absolute atomic E-state index is 12.3. The minimum atomic E-state index is -0.0492. The van der Waals surface area contributed by atoms with Crippen molar-refractivity contribution in [3.8, 4) is 5.75 Å². The van der Waals surface area contributed by atoms with E-state index in [-0.39, 0.29) is 5.56 Å². The third-order valence-corrected chi connectivity index (χ3v) is 4.39. The molecule has 0 saturated carbocycles. The fraction of sp³-hybridized carbons (Fsp3) is 0.118. The Labute approximate surface area is 141 Å². The first-order valence-electron chi connectivity index (χ1n) is 6.70. The van der Waals surface area contributed by atoms with Crippen molar-refractivity contribution in [1.82, 2.24) is 4.57 Å². The largest absolute Gasteiger partial charge is 0.495 e. The van der Waals surface area contributed by atoms with Crippen molar-refractivity contribution >= 4 is 38.4 Å². The van der Waals surface area contributed by atoms with E-state index in [1.54, 1.807) is 17.7 Å². The Morgan fingerprint density at radius 1 is 1.14 bits per heavy atom. The summed E-state index contributed by atoms with van der Waals surface area (Å²) < 4.78 is 7.92. The molecule has 1 heterocycles. The molecule has 1 aromatic heterocycles. The van der Waals surface area contributed by atoms with Crippen LogP contribution in [-0.4, -0.2) is 11.7 Å². The second-order valence-corrected chi connectivity index (χ2v) is 6.22. The molecule has 0 N–H and O–H groups in total. The topological polar surface area (TPSA) is 31.2 Å². The monoisotopic (exact) mass is 377 g/mol. The van der Waals surface area contributed by atoms with E-state index in [0.29, 0.717) is 17.3 Å². The van der Waals surface area contributed by atoms with Gasteiger partial charge < -0.3 is 9.30 Å². The number of ether oxygens (including phenoxy) is 1. The minimum Gasteiger partial charge on any atom is -0.495 e. The van der Waals surface area contributed by atoms with Crippen LogP contribution in [0, 0.1) is 0 Å². The lowest BCUT2D eigenvalue weighted by molar-refractivity contribution is 0.412. The lowest BCUT2D eigenvalue weighted by atomic mass is 10.1. The van der Waals surface area contributed by atoms with Gasteiger partial charge in [-0.3, -0.25) is 4.79 Å². The number of rotatable bonds is 3. The Bertz CT molecular complexity index is 888. The normalized spacial score (nSPS) is 10.9. The Hall–Kier alpha value is -1.78. The third kappa shape index (κ3) is 2.89. The van der Waals surface area contributed by atoms with E-state index in [2.05, 4.69) is 15.9 Å². The average Bonchev–Trinajstić information content (AvgIpc) is 2.52. The molecule has 3 aromatic rings. The molecule has 2 aromatic carbocycles. The van der Waals surface area contributed by atoms with Gasteiger partial charge in [0.05, 0.1) is 23.6 Å². The van der Waals surface area contributed by atoms with Gasteiger partial charge in [0.25, 0.3) is 5.56 Å². The van der Waals surface area contributed by atoms with E-state index in [9.17, 15) is 4.79 Å². The zero-order valence-electron chi connectivity index (χ0n) is 11.8. The number of aromatic nitrogens is 1. The zero-order valence-corrected chi connectivity index (χ0v) is 14.2. The van der Waals surface area contributed by atoms with Gasteiger partial charge in [0.2, 0.25) is 0 Å². The van der Waals surface area contributed by atoms with Crippen LogP contribution in [0.2, 0.25) is 5.02 Å². The summed E-state index contributed by atoms with van der Waals surface area (Å²) in [5.41, 5.74) is 1.80. The van der Waals surface area contributed by atoms with Crippen molar-refractivity contribution in [3.05, 3.63) is 73.9 Å². The molecule has 0 fully saturated rings. The van der Waals surface area contributed by atoms with Crippen LogP contribution in [0.15, 0.2) is 57.8 Å². The molecule has 0 unspecified atom stereocenters. The van der Waals surface area contributed by atoms with E-state index in [0.717, 1.165) is 20.9 Å². The maximum atomic E-state index is 12.3. The predicted molar refractivity (Wildman–Crippen MR) is 93.0 cm³/mol. The van der Waals surface area contributed by atoms with Crippen molar-refractivity contribution < 1.29 is 4.74 Å². The molecule has 22 heavy (non-hydrogen) atoms. The van der Waals surface area contributed by atoms with Crippen LogP contribution < -0.4 is 10.3 Å². The first-order valence-corrected chi connectivity index (χ1v) is 7.87. The van der Waals surface area contributed by atoms with E-state index in [4.69, 9.17) is 16.3 Å². The highest BCUT2D eigenvalue weighted by Gasteiger charge is 2.08. The summed E-state index contributed by atoms with van der Waals surface area (Å²) in [5.74, 6) is 0.697. The molecule has 0 atom stereocenters. The molecule has 0 spiro atoms. The number of fused-ring (bicyclic) bond motifs is 1. The Morgan fingerprint density at radius 3 is 2.55 bits per heavy atom. The van der Waals surface area contributed by atoms with Gasteiger partial charge in [-0.25, -0.2) is 0 Å². The third-order valence-electron chi connectivity index (χ3n) is 3.52. The van der Waals surface area contributed by atoms with Crippen LogP contribution in [0.3, 0.4) is 0 Å². The number of nitrogens with zero attached hydrogens (tertiary/aromatic N) is 1. The van der Waals surface area contributed by atoms with Crippen LogP contribution in [0.5, 0.6) is 5.75 Å². The first kappa shape index (κ1) is 15.1. The smallest absolute Gasteiger partial charge is 0.251 e. The molecule has 3 nitrogen and oxygen atoms in total. The molecular formula is C17H13BrClNO2. The molecule has 0 radical (unpaired) electrons. The molecule has 0 saturated heterocycles. The zero-order chi connectivity index (χ0) is 15.7. The minimum absolute atomic E-state index is 0.0492. The summed E-state index contributed by atoms with van der Waals surface area (Å²) in [6.45, 7) is 0.484. The Kier molecular flexibility index (Phi) is 4.23. The molecule has 0 aliphatic carbocycles. The quantitative estimate of drug-likeness (QED) is 0.673. The van der Waals surface area contributed by atoms with Crippen molar-refractivity contribution in [1.29, 1.82) is 0 Å². The number of benzene rings is 2. The van der Waals surface area contributed by atoms with Crippen molar-refractivity contribution in [2.75, 3.05) is 7.11 Å². The van der Waals surface area contributed by atoms with Crippen LogP contribution in [0.4, 0.5) is 0 Å². The highest BCUT2D eigenvalue weighted by Crippen LogP contribution is 2.29. The van der Waals surface area contributed by atoms with Crippen LogP contribution in [0.1, 0.15) is 5.56 Å². The number of hydrogen-bond donors (Lipinski definition) is 0. The first-order chi connectivity index (χ1) is 10.6.